The van der Waals surface area contributed by atoms with Crippen LogP contribution in [-0.4, -0.2) is 50.2 Å². The van der Waals surface area contributed by atoms with Gasteiger partial charge in [0, 0.05) is 30.2 Å². The number of hydrogen-bond acceptors (Lipinski definition) is 9. The van der Waals surface area contributed by atoms with Crippen LogP contribution in [0.2, 0.25) is 0 Å². The first kappa shape index (κ1) is 17.3. The van der Waals surface area contributed by atoms with Gasteiger partial charge in [0.25, 0.3) is 0 Å². The highest BCUT2D eigenvalue weighted by atomic mass is 16.5. The van der Waals surface area contributed by atoms with Crippen LogP contribution in [0.25, 0.3) is 33.2 Å². The number of nitrogen functional groups attached to an aromatic ring is 2. The predicted molar refractivity (Wildman–Crippen MR) is 115 cm³/mol. The second-order valence-corrected chi connectivity index (χ2v) is 7.93. The number of pyridine rings is 1. The second kappa shape index (κ2) is 6.20. The summed E-state index contributed by atoms with van der Waals surface area (Å²) < 4.78 is 5.90. The molecule has 1 aromatic carbocycles. The Morgan fingerprint density at radius 1 is 1.00 bits per heavy atom. The fourth-order valence-electron chi connectivity index (χ4n) is 3.99. The van der Waals surface area contributed by atoms with Crippen LogP contribution in [0.5, 0.6) is 0 Å². The molecule has 9 nitrogen and oxygen atoms in total. The van der Waals surface area contributed by atoms with Crippen molar-refractivity contribution in [1.29, 1.82) is 0 Å². The van der Waals surface area contributed by atoms with Gasteiger partial charge >= 0.3 is 0 Å². The number of aromatic nitrogens is 5. The third-order valence-electron chi connectivity index (χ3n) is 5.81. The normalized spacial score (nSPS) is 17.7. The van der Waals surface area contributed by atoms with Gasteiger partial charge in [0.05, 0.1) is 28.8 Å². The number of morpholine rings is 1. The molecule has 2 fully saturated rings. The van der Waals surface area contributed by atoms with Crippen molar-refractivity contribution in [2.75, 3.05) is 36.1 Å². The third kappa shape index (κ3) is 2.86. The van der Waals surface area contributed by atoms with Gasteiger partial charge in [0.15, 0.2) is 5.65 Å². The Bertz CT molecular complexity index is 1300. The van der Waals surface area contributed by atoms with Gasteiger partial charge in [0.1, 0.15) is 5.82 Å². The fraction of sp³-hybridized carbons (Fsp3) is 0.286. The van der Waals surface area contributed by atoms with E-state index in [2.05, 4.69) is 19.9 Å². The standard InChI is InChI=1S/C21H20N8O/c22-17-14-2-4-15(12-1-3-16-13(9-12)10-24-19(23)26-16)25-18(14)28-20(27-17)29-7-8-30-21(11-29)5-6-21/h1-4,9-10H,5-8,11H2,(H2,23,24,26)(H2,22,25,27,28). The zero-order valence-corrected chi connectivity index (χ0v) is 16.2. The molecule has 4 heterocycles. The van der Waals surface area contributed by atoms with E-state index in [1.165, 1.54) is 0 Å². The quantitative estimate of drug-likeness (QED) is 0.520. The molecule has 4 N–H and O–H groups in total. The van der Waals surface area contributed by atoms with Crippen molar-refractivity contribution in [3.05, 3.63) is 36.5 Å². The molecule has 1 aliphatic heterocycles. The van der Waals surface area contributed by atoms with Crippen LogP contribution < -0.4 is 16.4 Å². The minimum Gasteiger partial charge on any atom is -0.383 e. The number of ether oxygens (including phenoxy) is 1. The number of rotatable bonds is 2. The number of hydrogen-bond donors (Lipinski definition) is 2. The van der Waals surface area contributed by atoms with Crippen LogP contribution in [0.3, 0.4) is 0 Å². The lowest BCUT2D eigenvalue weighted by Crippen LogP contribution is -2.44. The SMILES string of the molecule is Nc1ncc2cc(-c3ccc4c(N)nc(N5CCOC6(CC6)C5)nc4n3)ccc2n1. The third-order valence-corrected chi connectivity index (χ3v) is 5.81. The van der Waals surface area contributed by atoms with Crippen LogP contribution in [0.1, 0.15) is 12.8 Å². The van der Waals surface area contributed by atoms with Gasteiger partial charge in [-0.1, -0.05) is 6.07 Å². The molecule has 0 radical (unpaired) electrons. The molecule has 1 saturated heterocycles. The summed E-state index contributed by atoms with van der Waals surface area (Å²) in [6.07, 6.45) is 3.89. The van der Waals surface area contributed by atoms with Gasteiger partial charge in [-0.15, -0.1) is 0 Å². The average Bonchev–Trinajstić information content (AvgIpc) is 3.51. The van der Waals surface area contributed by atoms with E-state index in [9.17, 15) is 0 Å². The summed E-state index contributed by atoms with van der Waals surface area (Å²) >= 11 is 0. The minimum absolute atomic E-state index is 0.0167. The summed E-state index contributed by atoms with van der Waals surface area (Å²) in [5.41, 5.74) is 15.0. The highest BCUT2D eigenvalue weighted by Crippen LogP contribution is 2.42. The van der Waals surface area contributed by atoms with Gasteiger partial charge < -0.3 is 21.1 Å². The van der Waals surface area contributed by atoms with Gasteiger partial charge in [-0.05, 0) is 37.1 Å². The van der Waals surface area contributed by atoms with E-state index in [0.717, 1.165) is 53.5 Å². The summed E-state index contributed by atoms with van der Waals surface area (Å²) in [5.74, 6) is 1.31. The van der Waals surface area contributed by atoms with Crippen LogP contribution in [0.4, 0.5) is 17.7 Å². The zero-order valence-electron chi connectivity index (χ0n) is 16.2. The maximum atomic E-state index is 6.25. The molecule has 9 heteroatoms. The van der Waals surface area contributed by atoms with Crippen molar-refractivity contribution in [1.82, 2.24) is 24.9 Å². The Morgan fingerprint density at radius 2 is 1.90 bits per heavy atom. The smallest absolute Gasteiger partial charge is 0.229 e. The Hall–Kier alpha value is -3.59. The molecule has 150 valence electrons. The van der Waals surface area contributed by atoms with Crippen molar-refractivity contribution >= 4 is 39.7 Å². The summed E-state index contributed by atoms with van der Waals surface area (Å²) in [5, 5.41) is 1.64. The molecule has 0 unspecified atom stereocenters. The molecule has 1 spiro atoms. The van der Waals surface area contributed by atoms with Crippen LogP contribution in [0.15, 0.2) is 36.5 Å². The molecule has 0 bridgehead atoms. The summed E-state index contributed by atoms with van der Waals surface area (Å²) in [7, 11) is 0. The number of nitrogens with zero attached hydrogens (tertiary/aromatic N) is 6. The molecule has 1 aliphatic carbocycles. The Balaban J connectivity index is 1.41. The maximum Gasteiger partial charge on any atom is 0.229 e. The van der Waals surface area contributed by atoms with Crippen molar-refractivity contribution in [3.63, 3.8) is 0 Å². The summed E-state index contributed by atoms with van der Waals surface area (Å²) in [4.78, 5) is 24.5. The van der Waals surface area contributed by atoms with E-state index in [1.54, 1.807) is 6.20 Å². The Labute approximate surface area is 172 Å². The first-order valence-corrected chi connectivity index (χ1v) is 9.94. The maximum absolute atomic E-state index is 6.25. The van der Waals surface area contributed by atoms with Crippen molar-refractivity contribution < 1.29 is 4.74 Å². The molecular formula is C21H20N8O. The van der Waals surface area contributed by atoms with Crippen LogP contribution in [-0.2, 0) is 4.74 Å². The van der Waals surface area contributed by atoms with Crippen LogP contribution >= 0.6 is 0 Å². The predicted octanol–water partition coefficient (Wildman–Crippen LogP) is 2.17. The summed E-state index contributed by atoms with van der Waals surface area (Å²) in [6.45, 7) is 2.23. The number of benzene rings is 1. The van der Waals surface area contributed by atoms with Gasteiger partial charge in [-0.2, -0.15) is 9.97 Å². The molecule has 0 atom stereocenters. The second-order valence-electron chi connectivity index (χ2n) is 7.93. The molecule has 2 aliphatic rings. The minimum atomic E-state index is -0.0167. The van der Waals surface area contributed by atoms with E-state index in [1.807, 2.05) is 30.3 Å². The monoisotopic (exact) mass is 400 g/mol. The highest BCUT2D eigenvalue weighted by Gasteiger charge is 2.48. The largest absolute Gasteiger partial charge is 0.383 e. The van der Waals surface area contributed by atoms with Crippen molar-refractivity contribution in [2.24, 2.45) is 0 Å². The lowest BCUT2D eigenvalue weighted by atomic mass is 10.1. The molecule has 3 aromatic heterocycles. The number of nitrogens with two attached hydrogens (primary N) is 2. The fourth-order valence-corrected chi connectivity index (χ4v) is 3.99. The molecular weight excluding hydrogens is 380 g/mol. The first-order chi connectivity index (χ1) is 14.6. The highest BCUT2D eigenvalue weighted by molar-refractivity contribution is 5.89. The molecule has 6 rings (SSSR count). The van der Waals surface area contributed by atoms with E-state index in [4.69, 9.17) is 26.2 Å². The molecule has 4 aromatic rings. The van der Waals surface area contributed by atoms with Crippen molar-refractivity contribution in [3.8, 4) is 11.3 Å². The van der Waals surface area contributed by atoms with E-state index < -0.39 is 0 Å². The zero-order chi connectivity index (χ0) is 20.3. The average molecular weight is 400 g/mol. The van der Waals surface area contributed by atoms with Crippen LogP contribution in [0, 0.1) is 0 Å². The van der Waals surface area contributed by atoms with Gasteiger partial charge in [-0.25, -0.2) is 15.0 Å². The Kier molecular flexibility index (Phi) is 3.57. The summed E-state index contributed by atoms with van der Waals surface area (Å²) in [6, 6.07) is 9.72. The Morgan fingerprint density at radius 3 is 2.77 bits per heavy atom. The molecule has 30 heavy (non-hydrogen) atoms. The molecule has 1 saturated carbocycles. The lowest BCUT2D eigenvalue weighted by molar-refractivity contribution is 0.0201. The van der Waals surface area contributed by atoms with Crippen molar-refractivity contribution in [2.45, 2.75) is 18.4 Å². The first-order valence-electron chi connectivity index (χ1n) is 9.94. The van der Waals surface area contributed by atoms with Gasteiger partial charge in [-0.3, -0.25) is 0 Å². The lowest BCUT2D eigenvalue weighted by Gasteiger charge is -2.33. The number of fused-ring (bicyclic) bond motifs is 2. The number of anilines is 3. The van der Waals surface area contributed by atoms with Gasteiger partial charge in [0.2, 0.25) is 11.9 Å². The topological polar surface area (TPSA) is 129 Å². The van der Waals surface area contributed by atoms with E-state index >= 15 is 0 Å². The van der Waals surface area contributed by atoms with E-state index in [0.29, 0.717) is 24.0 Å². The molecule has 0 amide bonds. The van der Waals surface area contributed by atoms with E-state index in [-0.39, 0.29) is 11.5 Å².